The molecule has 0 amide bonds. The monoisotopic (exact) mass is 787 g/mol. The van der Waals surface area contributed by atoms with E-state index >= 15 is 0 Å². The van der Waals surface area contributed by atoms with Gasteiger partial charge in [0.25, 0.3) is 0 Å². The fraction of sp³-hybridized carbons (Fsp3) is 0.820. The first-order valence-electron chi connectivity index (χ1n) is 24.0. The summed E-state index contributed by atoms with van der Waals surface area (Å²) in [7, 11) is 0. The zero-order chi connectivity index (χ0) is 40.8. The maximum atomic E-state index is 12.7. The van der Waals surface area contributed by atoms with Crippen LogP contribution in [-0.2, 0) is 28.6 Å². The smallest absolute Gasteiger partial charge is 0.306 e. The van der Waals surface area contributed by atoms with Crippen molar-refractivity contribution in [1.29, 1.82) is 0 Å². The van der Waals surface area contributed by atoms with Gasteiger partial charge in [0.15, 0.2) is 6.10 Å². The summed E-state index contributed by atoms with van der Waals surface area (Å²) in [6.45, 7) is 6.49. The molecule has 0 aliphatic heterocycles. The number of carbonyl (C=O) groups excluding carboxylic acids is 3. The lowest BCUT2D eigenvalue weighted by Crippen LogP contribution is -2.30. The Kier molecular flexibility index (Phi) is 43.4. The Morgan fingerprint density at radius 2 is 0.696 bits per heavy atom. The number of unbranched alkanes of at least 4 members (excludes halogenated alkanes) is 28. The van der Waals surface area contributed by atoms with E-state index in [-0.39, 0.29) is 31.1 Å². The molecule has 0 aliphatic rings. The summed E-state index contributed by atoms with van der Waals surface area (Å²) in [4.78, 5) is 37.8. The molecule has 0 aliphatic carbocycles. The number of esters is 3. The highest BCUT2D eigenvalue weighted by atomic mass is 16.6. The molecule has 0 N–H and O–H groups in total. The van der Waals surface area contributed by atoms with Gasteiger partial charge in [-0.2, -0.15) is 0 Å². The van der Waals surface area contributed by atoms with Crippen LogP contribution >= 0.6 is 0 Å². The Bertz CT molecular complexity index is 953. The first-order chi connectivity index (χ1) is 27.5. The van der Waals surface area contributed by atoms with Crippen molar-refractivity contribution in [2.75, 3.05) is 13.2 Å². The first-order valence-corrected chi connectivity index (χ1v) is 24.0. The highest BCUT2D eigenvalue weighted by Gasteiger charge is 2.19. The summed E-state index contributed by atoms with van der Waals surface area (Å²) in [6, 6.07) is 0. The van der Waals surface area contributed by atoms with Crippen LogP contribution in [0.15, 0.2) is 36.5 Å². The molecule has 0 saturated carbocycles. The summed E-state index contributed by atoms with van der Waals surface area (Å²) in [5.74, 6) is -0.892. The second-order valence-corrected chi connectivity index (χ2v) is 16.1. The molecule has 0 spiro atoms. The molecule has 1 atom stereocenters. The van der Waals surface area contributed by atoms with Gasteiger partial charge in [0, 0.05) is 19.3 Å². The molecule has 0 aromatic rings. The predicted octanol–water partition coefficient (Wildman–Crippen LogP) is 15.4. The van der Waals surface area contributed by atoms with E-state index in [4.69, 9.17) is 14.2 Å². The Morgan fingerprint density at radius 3 is 1.07 bits per heavy atom. The molecular formula is C50H90O6. The van der Waals surface area contributed by atoms with Gasteiger partial charge < -0.3 is 14.2 Å². The molecular weight excluding hydrogens is 697 g/mol. The topological polar surface area (TPSA) is 78.9 Å². The quantitative estimate of drug-likeness (QED) is 0.0265. The highest BCUT2D eigenvalue weighted by molar-refractivity contribution is 5.71. The average molecular weight is 787 g/mol. The zero-order valence-corrected chi connectivity index (χ0v) is 37.2. The van der Waals surface area contributed by atoms with Crippen molar-refractivity contribution in [2.24, 2.45) is 0 Å². The van der Waals surface area contributed by atoms with Gasteiger partial charge in [0.1, 0.15) is 13.2 Å². The second-order valence-electron chi connectivity index (χ2n) is 16.1. The van der Waals surface area contributed by atoms with Crippen molar-refractivity contribution in [3.8, 4) is 0 Å². The van der Waals surface area contributed by atoms with Gasteiger partial charge in [-0.3, -0.25) is 14.4 Å². The van der Waals surface area contributed by atoms with Crippen molar-refractivity contribution < 1.29 is 28.6 Å². The summed E-state index contributed by atoms with van der Waals surface area (Å²) in [5, 5.41) is 0. The molecule has 56 heavy (non-hydrogen) atoms. The van der Waals surface area contributed by atoms with Crippen molar-refractivity contribution >= 4 is 17.9 Å². The molecule has 0 radical (unpaired) electrons. The third kappa shape index (κ3) is 42.8. The minimum absolute atomic E-state index is 0.0769. The zero-order valence-electron chi connectivity index (χ0n) is 37.2. The van der Waals surface area contributed by atoms with Crippen LogP contribution in [0, 0.1) is 0 Å². The molecule has 0 fully saturated rings. The van der Waals surface area contributed by atoms with Gasteiger partial charge in [-0.1, -0.05) is 224 Å². The lowest BCUT2D eigenvalue weighted by Gasteiger charge is -2.18. The third-order valence-corrected chi connectivity index (χ3v) is 10.5. The largest absolute Gasteiger partial charge is 0.462 e. The van der Waals surface area contributed by atoms with E-state index in [1.54, 1.807) is 0 Å². The van der Waals surface area contributed by atoms with Gasteiger partial charge in [0.2, 0.25) is 0 Å². The number of hydrogen-bond acceptors (Lipinski definition) is 6. The molecule has 1 unspecified atom stereocenters. The van der Waals surface area contributed by atoms with Crippen LogP contribution in [0.25, 0.3) is 0 Å². The van der Waals surface area contributed by atoms with E-state index in [0.717, 1.165) is 83.5 Å². The van der Waals surface area contributed by atoms with Gasteiger partial charge in [-0.05, 0) is 38.5 Å². The molecule has 0 rings (SSSR count). The van der Waals surface area contributed by atoms with Crippen molar-refractivity contribution in [1.82, 2.24) is 0 Å². The Hall–Kier alpha value is -2.37. The number of carbonyl (C=O) groups is 3. The van der Waals surface area contributed by atoms with Crippen LogP contribution in [0.1, 0.15) is 245 Å². The maximum absolute atomic E-state index is 12.7. The lowest BCUT2D eigenvalue weighted by atomic mass is 10.0. The van der Waals surface area contributed by atoms with Crippen LogP contribution in [-0.4, -0.2) is 37.2 Å². The van der Waals surface area contributed by atoms with Crippen LogP contribution in [0.2, 0.25) is 0 Å². The van der Waals surface area contributed by atoms with Crippen molar-refractivity contribution in [2.45, 2.75) is 252 Å². The third-order valence-electron chi connectivity index (χ3n) is 10.5. The van der Waals surface area contributed by atoms with E-state index in [0.29, 0.717) is 19.3 Å². The Labute approximate surface area is 346 Å². The Morgan fingerprint density at radius 1 is 0.375 bits per heavy atom. The SMILES string of the molecule is CC\C=C/C=C\C=C/CCCCCCCC(=O)OC(COC(=O)CCCCCCCCCCCC)COC(=O)CCCCCCCCCCCCCCCCC. The number of ether oxygens (including phenoxy) is 3. The van der Waals surface area contributed by atoms with Crippen LogP contribution in [0.4, 0.5) is 0 Å². The molecule has 326 valence electrons. The molecule has 0 saturated heterocycles. The minimum atomic E-state index is -0.775. The molecule has 0 aromatic carbocycles. The van der Waals surface area contributed by atoms with Gasteiger partial charge >= 0.3 is 17.9 Å². The molecule has 0 aromatic heterocycles. The second kappa shape index (κ2) is 45.3. The summed E-state index contributed by atoms with van der Waals surface area (Å²) in [6.07, 6.45) is 51.2. The number of rotatable bonds is 43. The van der Waals surface area contributed by atoms with E-state index in [1.807, 2.05) is 0 Å². The standard InChI is InChI=1S/C50H90O6/c1-4-7-10-13-16-19-22-24-25-27-28-31-34-37-40-43-49(52)55-46-47(45-54-48(51)42-39-36-33-30-21-18-15-12-9-6-3)56-50(53)44-41-38-35-32-29-26-23-20-17-14-11-8-5-2/h8,11,14,17,20,23,47H,4-7,9-10,12-13,15-16,18-19,21-22,24-46H2,1-3H3/b11-8-,17-14-,23-20-. The lowest BCUT2D eigenvalue weighted by molar-refractivity contribution is -0.167. The summed E-state index contributed by atoms with van der Waals surface area (Å²) < 4.78 is 16.7. The van der Waals surface area contributed by atoms with Crippen LogP contribution in [0.5, 0.6) is 0 Å². The number of hydrogen-bond donors (Lipinski definition) is 0. The average Bonchev–Trinajstić information content (AvgIpc) is 3.19. The highest BCUT2D eigenvalue weighted by Crippen LogP contribution is 2.15. The fourth-order valence-electron chi connectivity index (χ4n) is 6.85. The van der Waals surface area contributed by atoms with E-state index in [2.05, 4.69) is 57.2 Å². The van der Waals surface area contributed by atoms with Crippen molar-refractivity contribution in [3.63, 3.8) is 0 Å². The summed E-state index contributed by atoms with van der Waals surface area (Å²) in [5.41, 5.74) is 0. The van der Waals surface area contributed by atoms with Gasteiger partial charge in [-0.25, -0.2) is 0 Å². The first kappa shape index (κ1) is 53.6. The fourth-order valence-corrected chi connectivity index (χ4v) is 6.85. The Balaban J connectivity index is 4.35. The van der Waals surface area contributed by atoms with Crippen LogP contribution in [0.3, 0.4) is 0 Å². The normalized spacial score (nSPS) is 12.3. The van der Waals surface area contributed by atoms with E-state index in [9.17, 15) is 14.4 Å². The molecule has 0 heterocycles. The van der Waals surface area contributed by atoms with Crippen molar-refractivity contribution in [3.05, 3.63) is 36.5 Å². The minimum Gasteiger partial charge on any atom is -0.462 e. The number of allylic oxidation sites excluding steroid dienone is 6. The molecule has 6 nitrogen and oxygen atoms in total. The van der Waals surface area contributed by atoms with E-state index < -0.39 is 6.10 Å². The van der Waals surface area contributed by atoms with Gasteiger partial charge in [0.05, 0.1) is 0 Å². The maximum Gasteiger partial charge on any atom is 0.306 e. The predicted molar refractivity (Wildman–Crippen MR) is 238 cm³/mol. The summed E-state index contributed by atoms with van der Waals surface area (Å²) >= 11 is 0. The van der Waals surface area contributed by atoms with E-state index in [1.165, 1.54) is 122 Å². The van der Waals surface area contributed by atoms with Gasteiger partial charge in [-0.15, -0.1) is 0 Å². The van der Waals surface area contributed by atoms with Crippen LogP contribution < -0.4 is 0 Å². The molecule has 6 heteroatoms. The molecule has 0 bridgehead atoms.